The van der Waals surface area contributed by atoms with Crippen LogP contribution in [0.3, 0.4) is 0 Å². The predicted octanol–water partition coefficient (Wildman–Crippen LogP) is 1.98. The molecule has 0 aromatic carbocycles. The minimum Gasteiger partial charge on any atom is -0.330 e. The summed E-state index contributed by atoms with van der Waals surface area (Å²) in [6.07, 6.45) is 7.09. The molecule has 0 aliphatic heterocycles. The molecule has 0 fully saturated rings. The highest BCUT2D eigenvalue weighted by atomic mass is 16.1. The molecule has 0 saturated heterocycles. The number of rotatable bonds is 7. The van der Waals surface area contributed by atoms with Gasteiger partial charge in [0.1, 0.15) is 5.78 Å². The maximum Gasteiger partial charge on any atom is 0.134 e. The van der Waals surface area contributed by atoms with Gasteiger partial charge in [0.25, 0.3) is 0 Å². The first-order valence-electron chi connectivity index (χ1n) is 4.39. The molecule has 0 aromatic rings. The van der Waals surface area contributed by atoms with Crippen LogP contribution in [-0.2, 0) is 4.79 Å². The Balaban J connectivity index is 3.63. The Labute approximate surface area is 79.8 Å². The molecule has 0 atom stereocenters. The number of nitrogens with two attached hydrogens (primary N) is 1. The van der Waals surface area contributed by atoms with Crippen LogP contribution in [0.15, 0.2) is 37.0 Å². The van der Waals surface area contributed by atoms with Gasteiger partial charge in [-0.3, -0.25) is 4.79 Å². The Morgan fingerprint density at radius 2 is 2.00 bits per heavy atom. The molecular formula is C11H17NO. The first kappa shape index (κ1) is 11.8. The summed E-state index contributed by atoms with van der Waals surface area (Å²) in [5.41, 5.74) is 6.19. The van der Waals surface area contributed by atoms with Gasteiger partial charge in [-0.2, -0.15) is 0 Å². The van der Waals surface area contributed by atoms with Crippen molar-refractivity contribution < 1.29 is 4.79 Å². The van der Waals surface area contributed by atoms with Crippen LogP contribution in [0.2, 0.25) is 0 Å². The van der Waals surface area contributed by atoms with Gasteiger partial charge in [0.2, 0.25) is 0 Å². The van der Waals surface area contributed by atoms with Gasteiger partial charge in [-0.1, -0.05) is 37.0 Å². The van der Waals surface area contributed by atoms with Crippen LogP contribution in [0.25, 0.3) is 0 Å². The second-order valence-corrected chi connectivity index (χ2v) is 2.83. The monoisotopic (exact) mass is 179 g/mol. The molecule has 2 heteroatoms. The van der Waals surface area contributed by atoms with Crippen molar-refractivity contribution >= 4 is 5.78 Å². The van der Waals surface area contributed by atoms with Gasteiger partial charge in [-0.25, -0.2) is 0 Å². The van der Waals surface area contributed by atoms with Gasteiger partial charge in [0.05, 0.1) is 0 Å². The molecule has 0 aliphatic rings. The number of carbonyl (C=O) groups excluding carboxylic acids is 1. The second-order valence-electron chi connectivity index (χ2n) is 2.83. The first-order valence-corrected chi connectivity index (χ1v) is 4.39. The molecule has 0 aliphatic carbocycles. The van der Waals surface area contributed by atoms with Crippen molar-refractivity contribution in [1.29, 1.82) is 0 Å². The van der Waals surface area contributed by atoms with Crippen molar-refractivity contribution in [2.75, 3.05) is 6.54 Å². The summed E-state index contributed by atoms with van der Waals surface area (Å²) < 4.78 is 0. The summed E-state index contributed by atoms with van der Waals surface area (Å²) >= 11 is 0. The van der Waals surface area contributed by atoms with Gasteiger partial charge in [-0.05, 0) is 13.0 Å². The first-order chi connectivity index (χ1) is 6.20. The van der Waals surface area contributed by atoms with Gasteiger partial charge in [-0.15, -0.1) is 0 Å². The van der Waals surface area contributed by atoms with Crippen LogP contribution in [0.4, 0.5) is 0 Å². The summed E-state index contributed by atoms with van der Waals surface area (Å²) in [6.45, 7) is 7.79. The molecule has 0 bridgehead atoms. The minimum absolute atomic E-state index is 0.204. The van der Waals surface area contributed by atoms with E-state index < -0.39 is 0 Å². The molecule has 0 rings (SSSR count). The standard InChI is InChI=1S/C11H17NO/c1-3-4-5-10(2)6-7-11(13)8-9-12/h3-5H,1-2,6-9,12H2/b5-4-. The summed E-state index contributed by atoms with van der Waals surface area (Å²) in [5.74, 6) is 0.204. The zero-order valence-corrected chi connectivity index (χ0v) is 7.96. The zero-order chi connectivity index (χ0) is 10.1. The third-order valence-corrected chi connectivity index (χ3v) is 1.62. The number of ketones is 1. The average molecular weight is 179 g/mol. The van der Waals surface area contributed by atoms with E-state index in [-0.39, 0.29) is 5.78 Å². The zero-order valence-electron chi connectivity index (χ0n) is 7.96. The molecule has 0 unspecified atom stereocenters. The highest BCUT2D eigenvalue weighted by Gasteiger charge is 1.99. The maximum absolute atomic E-state index is 11.1. The third kappa shape index (κ3) is 7.22. The van der Waals surface area contributed by atoms with Gasteiger partial charge < -0.3 is 5.73 Å². The lowest BCUT2D eigenvalue weighted by Gasteiger charge is -1.98. The molecule has 0 heterocycles. The molecule has 0 saturated carbocycles. The van der Waals surface area contributed by atoms with Crippen LogP contribution >= 0.6 is 0 Å². The van der Waals surface area contributed by atoms with Crippen molar-refractivity contribution in [3.8, 4) is 0 Å². The smallest absolute Gasteiger partial charge is 0.134 e. The van der Waals surface area contributed by atoms with Crippen molar-refractivity contribution in [3.05, 3.63) is 37.0 Å². The van der Waals surface area contributed by atoms with Crippen LogP contribution in [0.1, 0.15) is 19.3 Å². The normalized spacial score (nSPS) is 10.2. The van der Waals surface area contributed by atoms with Gasteiger partial charge in [0, 0.05) is 12.8 Å². The molecule has 13 heavy (non-hydrogen) atoms. The largest absolute Gasteiger partial charge is 0.330 e. The lowest BCUT2D eigenvalue weighted by molar-refractivity contribution is -0.118. The summed E-state index contributed by atoms with van der Waals surface area (Å²) in [7, 11) is 0. The molecule has 0 aromatic heterocycles. The van der Waals surface area contributed by atoms with Crippen molar-refractivity contribution in [1.82, 2.24) is 0 Å². The maximum atomic E-state index is 11.1. The number of hydrogen-bond acceptors (Lipinski definition) is 2. The van der Waals surface area contributed by atoms with Crippen LogP contribution < -0.4 is 5.73 Å². The van der Waals surface area contributed by atoms with E-state index in [1.807, 2.05) is 12.2 Å². The minimum atomic E-state index is 0.204. The van der Waals surface area contributed by atoms with E-state index in [1.54, 1.807) is 6.08 Å². The van der Waals surface area contributed by atoms with E-state index >= 15 is 0 Å². The topological polar surface area (TPSA) is 43.1 Å². The van der Waals surface area contributed by atoms with Crippen LogP contribution in [-0.4, -0.2) is 12.3 Å². The SMILES string of the molecule is C=C/C=C\C(=C)CCC(=O)CCN. The number of Topliss-reactive ketones (excluding diaryl/α,β-unsaturated/α-hetero) is 1. The molecule has 2 nitrogen and oxygen atoms in total. The Morgan fingerprint density at radius 3 is 2.54 bits per heavy atom. The summed E-state index contributed by atoms with van der Waals surface area (Å²) in [6, 6.07) is 0. The molecular weight excluding hydrogens is 162 g/mol. The molecule has 0 radical (unpaired) electrons. The Kier molecular flexibility index (Phi) is 6.83. The number of carbonyl (C=O) groups is 1. The number of hydrogen-bond donors (Lipinski definition) is 1. The summed E-state index contributed by atoms with van der Waals surface area (Å²) in [5, 5.41) is 0. The van der Waals surface area contributed by atoms with Crippen molar-refractivity contribution in [2.45, 2.75) is 19.3 Å². The Hall–Kier alpha value is -1.15. The lowest BCUT2D eigenvalue weighted by atomic mass is 10.1. The van der Waals surface area contributed by atoms with Crippen molar-refractivity contribution in [3.63, 3.8) is 0 Å². The fourth-order valence-corrected chi connectivity index (χ4v) is 0.873. The van der Waals surface area contributed by atoms with E-state index in [4.69, 9.17) is 5.73 Å². The molecule has 0 spiro atoms. The van der Waals surface area contributed by atoms with Gasteiger partial charge in [0.15, 0.2) is 0 Å². The molecule has 2 N–H and O–H groups in total. The third-order valence-electron chi connectivity index (χ3n) is 1.62. The highest BCUT2D eigenvalue weighted by molar-refractivity contribution is 5.78. The van der Waals surface area contributed by atoms with Gasteiger partial charge >= 0.3 is 0 Å². The Morgan fingerprint density at radius 1 is 1.31 bits per heavy atom. The van der Waals surface area contributed by atoms with Crippen molar-refractivity contribution in [2.24, 2.45) is 5.73 Å². The fourth-order valence-electron chi connectivity index (χ4n) is 0.873. The van der Waals surface area contributed by atoms with E-state index in [0.29, 0.717) is 25.8 Å². The lowest BCUT2D eigenvalue weighted by Crippen LogP contribution is -2.07. The molecule has 0 amide bonds. The molecule has 72 valence electrons. The predicted molar refractivity (Wildman–Crippen MR) is 56.4 cm³/mol. The Bertz CT molecular complexity index is 216. The number of allylic oxidation sites excluding steroid dienone is 4. The van der Waals surface area contributed by atoms with E-state index in [1.165, 1.54) is 0 Å². The quantitative estimate of drug-likeness (QED) is 0.607. The van der Waals surface area contributed by atoms with E-state index in [2.05, 4.69) is 13.2 Å². The summed E-state index contributed by atoms with van der Waals surface area (Å²) in [4.78, 5) is 11.1. The van der Waals surface area contributed by atoms with E-state index in [9.17, 15) is 4.79 Å². The average Bonchev–Trinajstić information content (AvgIpc) is 2.12. The second kappa shape index (κ2) is 7.50. The highest BCUT2D eigenvalue weighted by Crippen LogP contribution is 2.05. The van der Waals surface area contributed by atoms with E-state index in [0.717, 1.165) is 5.57 Å². The van der Waals surface area contributed by atoms with Crippen LogP contribution in [0, 0.1) is 0 Å². The van der Waals surface area contributed by atoms with Crippen LogP contribution in [0.5, 0.6) is 0 Å². The fraction of sp³-hybridized carbons (Fsp3) is 0.364.